The number of phenols is 1. The first-order chi connectivity index (χ1) is 20.8. The molecule has 1 aromatic rings. The summed E-state index contributed by atoms with van der Waals surface area (Å²) in [6.07, 6.45) is 2.17. The van der Waals surface area contributed by atoms with Gasteiger partial charge in [-0.05, 0) is 69.2 Å². The van der Waals surface area contributed by atoms with E-state index in [1.165, 1.54) is 12.1 Å². The van der Waals surface area contributed by atoms with Crippen LogP contribution in [0.15, 0.2) is 34.3 Å². The number of benzene rings is 1. The van der Waals surface area contributed by atoms with Gasteiger partial charge in [0.25, 0.3) is 0 Å². The molecule has 1 rings (SSSR count). The molecule has 44 heavy (non-hydrogen) atoms. The quantitative estimate of drug-likeness (QED) is 0.0372. The van der Waals surface area contributed by atoms with Gasteiger partial charge in [-0.1, -0.05) is 12.1 Å². The molecule has 3 amide bonds. The number of aliphatic carboxylic acids is 1. The van der Waals surface area contributed by atoms with E-state index < -0.39 is 47.9 Å². The summed E-state index contributed by atoms with van der Waals surface area (Å²) in [7, 11) is 0. The maximum absolute atomic E-state index is 13.6. The molecular weight excluding hydrogens is 574 g/mol. The van der Waals surface area contributed by atoms with Crippen molar-refractivity contribution < 1.29 is 29.4 Å². The second-order valence-corrected chi connectivity index (χ2v) is 10.2. The minimum atomic E-state index is -1.23. The van der Waals surface area contributed by atoms with Crippen LogP contribution in [0.2, 0.25) is 0 Å². The zero-order chi connectivity index (χ0) is 33.1. The molecule has 0 saturated carbocycles. The third-order valence-electron chi connectivity index (χ3n) is 6.45. The fourth-order valence-electron chi connectivity index (χ4n) is 4.07. The van der Waals surface area contributed by atoms with E-state index in [1.807, 2.05) is 0 Å². The number of nitrogens with two attached hydrogens (primary N) is 6. The Balaban J connectivity index is 3.15. The molecule has 17 N–H and O–H groups in total. The summed E-state index contributed by atoms with van der Waals surface area (Å²) in [4.78, 5) is 59.2. The van der Waals surface area contributed by atoms with E-state index in [0.717, 1.165) is 0 Å². The van der Waals surface area contributed by atoms with Crippen LogP contribution in [0.4, 0.5) is 0 Å². The van der Waals surface area contributed by atoms with Crippen LogP contribution < -0.4 is 50.4 Å². The van der Waals surface area contributed by atoms with Crippen LogP contribution in [-0.4, -0.2) is 89.6 Å². The van der Waals surface area contributed by atoms with Crippen molar-refractivity contribution in [3.8, 4) is 5.75 Å². The van der Waals surface area contributed by atoms with Gasteiger partial charge in [0.1, 0.15) is 23.9 Å². The molecule has 17 nitrogen and oxygen atoms in total. The molecule has 1 aromatic carbocycles. The van der Waals surface area contributed by atoms with E-state index in [2.05, 4.69) is 25.9 Å². The Hall–Kier alpha value is -4.64. The first kappa shape index (κ1) is 37.4. The highest BCUT2D eigenvalue weighted by Gasteiger charge is 2.30. The van der Waals surface area contributed by atoms with Crippen molar-refractivity contribution in [1.29, 1.82) is 0 Å². The number of amides is 3. The minimum absolute atomic E-state index is 0.00223. The van der Waals surface area contributed by atoms with E-state index in [0.29, 0.717) is 31.4 Å². The lowest BCUT2D eigenvalue weighted by atomic mass is 10.0. The first-order valence-corrected chi connectivity index (χ1v) is 14.3. The number of unbranched alkanes of at least 4 members (excludes halogenated alkanes) is 1. The number of carboxylic acids is 1. The molecule has 0 aromatic heterocycles. The van der Waals surface area contributed by atoms with Gasteiger partial charge in [0.15, 0.2) is 11.9 Å². The molecule has 0 radical (unpaired) electrons. The van der Waals surface area contributed by atoms with Gasteiger partial charge in [0.05, 0.1) is 6.04 Å². The maximum atomic E-state index is 13.6. The molecule has 0 fully saturated rings. The largest absolute Gasteiger partial charge is 0.508 e. The van der Waals surface area contributed by atoms with Gasteiger partial charge >= 0.3 is 5.97 Å². The highest BCUT2D eigenvalue weighted by Crippen LogP contribution is 2.12. The smallest absolute Gasteiger partial charge is 0.326 e. The molecule has 0 aliphatic heterocycles. The highest BCUT2D eigenvalue weighted by molar-refractivity contribution is 5.94. The van der Waals surface area contributed by atoms with Crippen molar-refractivity contribution >= 4 is 35.6 Å². The summed E-state index contributed by atoms with van der Waals surface area (Å²) in [5.41, 5.74) is 33.5. The molecule has 4 atom stereocenters. The van der Waals surface area contributed by atoms with Crippen molar-refractivity contribution in [3.63, 3.8) is 0 Å². The minimum Gasteiger partial charge on any atom is -0.508 e. The fourth-order valence-corrected chi connectivity index (χ4v) is 4.07. The number of aliphatic imine (C=N–C) groups is 2. The molecule has 246 valence electrons. The molecule has 4 unspecified atom stereocenters. The van der Waals surface area contributed by atoms with E-state index >= 15 is 0 Å². The first-order valence-electron chi connectivity index (χ1n) is 14.3. The summed E-state index contributed by atoms with van der Waals surface area (Å²) in [6.45, 7) is 0.794. The van der Waals surface area contributed by atoms with E-state index in [4.69, 9.17) is 34.4 Å². The second-order valence-electron chi connectivity index (χ2n) is 10.2. The Bertz CT molecular complexity index is 1120. The molecule has 0 saturated heterocycles. The van der Waals surface area contributed by atoms with Gasteiger partial charge in [-0.2, -0.15) is 0 Å². The van der Waals surface area contributed by atoms with Crippen LogP contribution in [0.3, 0.4) is 0 Å². The Labute approximate surface area is 256 Å². The van der Waals surface area contributed by atoms with Gasteiger partial charge in [0, 0.05) is 19.5 Å². The standard InChI is InChI=1S/C27H47N11O6/c28-12-2-1-6-20(25(43)44)37-23(41)19(7-4-14-35-27(32)33)36-24(42)21(15-16-8-10-17(39)11-9-16)38-22(40)18(29)5-3-13-34-26(30)31/h8-11,18-21,39H,1-7,12-15,28-29H2,(H,36,42)(H,37,41)(H,38,40)(H,43,44)(H4,30,31,34)(H4,32,33,35). The number of hydrogen-bond acceptors (Lipinski definition) is 9. The molecule has 17 heteroatoms. The number of nitrogens with one attached hydrogen (secondary N) is 3. The van der Waals surface area contributed by atoms with Crippen molar-refractivity contribution in [1.82, 2.24) is 16.0 Å². The van der Waals surface area contributed by atoms with Crippen LogP contribution in [-0.2, 0) is 25.6 Å². The van der Waals surface area contributed by atoms with Gasteiger partial charge in [-0.15, -0.1) is 0 Å². The topological polar surface area (TPSA) is 326 Å². The Morgan fingerprint density at radius 2 is 1.20 bits per heavy atom. The third-order valence-corrected chi connectivity index (χ3v) is 6.45. The predicted octanol–water partition coefficient (Wildman–Crippen LogP) is -2.96. The number of rotatable bonds is 21. The van der Waals surface area contributed by atoms with Crippen molar-refractivity contribution in [2.45, 2.75) is 75.5 Å². The number of phenolic OH excluding ortho intramolecular Hbond substituents is 1. The number of aromatic hydroxyl groups is 1. The Morgan fingerprint density at radius 1 is 0.705 bits per heavy atom. The van der Waals surface area contributed by atoms with Gasteiger partial charge in [-0.3, -0.25) is 24.4 Å². The van der Waals surface area contributed by atoms with Crippen molar-refractivity contribution in [2.75, 3.05) is 19.6 Å². The van der Waals surface area contributed by atoms with Crippen LogP contribution in [0.1, 0.15) is 50.5 Å². The lowest BCUT2D eigenvalue weighted by molar-refractivity contribution is -0.142. The number of carbonyl (C=O) groups excluding carboxylic acids is 3. The molecule has 0 spiro atoms. The summed E-state index contributed by atoms with van der Waals surface area (Å²) in [6, 6.07) is 1.48. The van der Waals surface area contributed by atoms with Gasteiger partial charge in [-0.25, -0.2) is 4.79 Å². The Kier molecular flexibility index (Phi) is 17.2. The van der Waals surface area contributed by atoms with E-state index in [9.17, 15) is 29.4 Å². The number of hydrogen-bond donors (Lipinski definition) is 11. The fraction of sp³-hybridized carbons (Fsp3) is 0.556. The van der Waals surface area contributed by atoms with Gasteiger partial charge < -0.3 is 60.6 Å². The van der Waals surface area contributed by atoms with Crippen molar-refractivity contribution in [3.05, 3.63) is 29.8 Å². The van der Waals surface area contributed by atoms with E-state index in [1.54, 1.807) is 12.1 Å². The highest BCUT2D eigenvalue weighted by atomic mass is 16.4. The number of carbonyl (C=O) groups is 4. The van der Waals surface area contributed by atoms with Crippen molar-refractivity contribution in [2.24, 2.45) is 44.4 Å². The Morgan fingerprint density at radius 3 is 1.75 bits per heavy atom. The predicted molar refractivity (Wildman–Crippen MR) is 166 cm³/mol. The second kappa shape index (κ2) is 20.3. The van der Waals surface area contributed by atoms with Gasteiger partial charge in [0.2, 0.25) is 17.7 Å². The summed E-state index contributed by atoms with van der Waals surface area (Å²) in [5, 5.41) is 27.0. The SMILES string of the molecule is NCCCCC(NC(=O)C(CCCN=C(N)N)NC(=O)C(Cc1ccc(O)cc1)NC(=O)C(N)CCCN=C(N)N)C(=O)O. The maximum Gasteiger partial charge on any atom is 0.326 e. The molecule has 0 bridgehead atoms. The summed E-state index contributed by atoms with van der Waals surface area (Å²) >= 11 is 0. The molecule has 0 heterocycles. The molecule has 0 aliphatic carbocycles. The zero-order valence-corrected chi connectivity index (χ0v) is 24.8. The van der Waals surface area contributed by atoms with E-state index in [-0.39, 0.29) is 62.9 Å². The van der Waals surface area contributed by atoms with Crippen LogP contribution in [0.5, 0.6) is 5.75 Å². The monoisotopic (exact) mass is 621 g/mol. The number of guanidine groups is 2. The summed E-state index contributed by atoms with van der Waals surface area (Å²) in [5.74, 6) is -3.51. The number of nitrogens with zero attached hydrogens (tertiary/aromatic N) is 2. The normalized spacial score (nSPS) is 13.4. The van der Waals surface area contributed by atoms with Crippen LogP contribution in [0, 0.1) is 0 Å². The lowest BCUT2D eigenvalue weighted by Gasteiger charge is -2.25. The molecular formula is C27H47N11O6. The zero-order valence-electron chi connectivity index (χ0n) is 24.8. The summed E-state index contributed by atoms with van der Waals surface area (Å²) < 4.78 is 0. The number of carboxylic acid groups (broad SMARTS) is 1. The third kappa shape index (κ3) is 15.5. The average molecular weight is 622 g/mol. The average Bonchev–Trinajstić information content (AvgIpc) is 2.96. The lowest BCUT2D eigenvalue weighted by Crippen LogP contribution is -2.57. The van der Waals surface area contributed by atoms with Crippen LogP contribution in [0.25, 0.3) is 0 Å². The van der Waals surface area contributed by atoms with Crippen LogP contribution >= 0.6 is 0 Å². The molecule has 0 aliphatic rings.